The topological polar surface area (TPSA) is 41.1 Å². The summed E-state index contributed by atoms with van der Waals surface area (Å²) in [6.45, 7) is 7.52. The Hall–Kier alpha value is -1.51. The van der Waals surface area contributed by atoms with Gasteiger partial charge >= 0.3 is 0 Å². The summed E-state index contributed by atoms with van der Waals surface area (Å²) in [5, 5.41) is 6.37. The molecule has 3 heteroatoms. The molecule has 0 saturated heterocycles. The quantitative estimate of drug-likeness (QED) is 0.867. The Labute approximate surface area is 115 Å². The largest absolute Gasteiger partial charge is 0.385 e. The van der Waals surface area contributed by atoms with Crippen LogP contribution in [0.3, 0.4) is 0 Å². The first kappa shape index (κ1) is 13.9. The molecule has 0 bridgehead atoms. The predicted octanol–water partition coefficient (Wildman–Crippen LogP) is 3.81. The van der Waals surface area contributed by atoms with E-state index in [4.69, 9.17) is 0 Å². The summed E-state index contributed by atoms with van der Waals surface area (Å²) < 4.78 is 0. The lowest BCUT2D eigenvalue weighted by Gasteiger charge is -2.19. The molecule has 0 radical (unpaired) electrons. The number of amides is 1. The first-order chi connectivity index (χ1) is 8.94. The van der Waals surface area contributed by atoms with Gasteiger partial charge < -0.3 is 10.6 Å². The van der Waals surface area contributed by atoms with E-state index in [1.807, 2.05) is 6.07 Å². The van der Waals surface area contributed by atoms with Crippen molar-refractivity contribution in [3.05, 3.63) is 23.8 Å². The molecule has 0 spiro atoms. The third-order valence-electron chi connectivity index (χ3n) is 3.43. The SMILES string of the molecule is CC(C)(C)CCC(=O)Nc1ccc2c(c1)CCCN2. The normalized spacial score (nSPS) is 14.5. The van der Waals surface area contributed by atoms with Crippen molar-refractivity contribution < 1.29 is 4.79 Å². The van der Waals surface area contributed by atoms with Gasteiger partial charge in [0.1, 0.15) is 0 Å². The van der Waals surface area contributed by atoms with Gasteiger partial charge in [-0.1, -0.05) is 20.8 Å². The molecule has 3 nitrogen and oxygen atoms in total. The number of rotatable bonds is 3. The molecule has 0 atom stereocenters. The molecule has 0 aromatic heterocycles. The van der Waals surface area contributed by atoms with Crippen LogP contribution in [0.25, 0.3) is 0 Å². The molecule has 19 heavy (non-hydrogen) atoms. The number of aryl methyl sites for hydroxylation is 1. The first-order valence-corrected chi connectivity index (χ1v) is 7.11. The average Bonchev–Trinajstić information content (AvgIpc) is 2.35. The molecule has 0 fully saturated rings. The van der Waals surface area contributed by atoms with Crippen molar-refractivity contribution in [3.8, 4) is 0 Å². The van der Waals surface area contributed by atoms with Crippen molar-refractivity contribution in [2.45, 2.75) is 46.5 Å². The highest BCUT2D eigenvalue weighted by molar-refractivity contribution is 5.91. The van der Waals surface area contributed by atoms with Gasteiger partial charge in [-0.25, -0.2) is 0 Å². The highest BCUT2D eigenvalue weighted by Gasteiger charge is 2.14. The van der Waals surface area contributed by atoms with E-state index in [1.54, 1.807) is 0 Å². The summed E-state index contributed by atoms with van der Waals surface area (Å²) in [4.78, 5) is 11.9. The lowest BCUT2D eigenvalue weighted by atomic mass is 9.90. The van der Waals surface area contributed by atoms with Crippen LogP contribution in [-0.4, -0.2) is 12.5 Å². The lowest BCUT2D eigenvalue weighted by molar-refractivity contribution is -0.116. The van der Waals surface area contributed by atoms with Crippen molar-refractivity contribution in [1.82, 2.24) is 0 Å². The Morgan fingerprint density at radius 2 is 2.16 bits per heavy atom. The summed E-state index contributed by atoms with van der Waals surface area (Å²) in [6, 6.07) is 6.14. The Morgan fingerprint density at radius 3 is 2.89 bits per heavy atom. The summed E-state index contributed by atoms with van der Waals surface area (Å²) in [5.74, 6) is 0.110. The van der Waals surface area contributed by atoms with Crippen LogP contribution in [0.15, 0.2) is 18.2 Å². The van der Waals surface area contributed by atoms with Crippen LogP contribution >= 0.6 is 0 Å². The van der Waals surface area contributed by atoms with Gasteiger partial charge in [0.15, 0.2) is 0 Å². The summed E-state index contributed by atoms with van der Waals surface area (Å²) in [6.07, 6.45) is 3.74. The zero-order chi connectivity index (χ0) is 13.9. The van der Waals surface area contributed by atoms with Crippen molar-refractivity contribution in [2.75, 3.05) is 17.2 Å². The molecule has 2 N–H and O–H groups in total. The second-order valence-electron chi connectivity index (χ2n) is 6.51. The maximum absolute atomic E-state index is 11.9. The maximum Gasteiger partial charge on any atom is 0.224 e. The highest BCUT2D eigenvalue weighted by Crippen LogP contribution is 2.26. The molecule has 1 amide bonds. The zero-order valence-electron chi connectivity index (χ0n) is 12.2. The molecule has 2 rings (SSSR count). The fourth-order valence-electron chi connectivity index (χ4n) is 2.26. The number of fused-ring (bicyclic) bond motifs is 1. The van der Waals surface area contributed by atoms with E-state index in [0.717, 1.165) is 31.5 Å². The van der Waals surface area contributed by atoms with E-state index >= 15 is 0 Å². The molecule has 0 aliphatic carbocycles. The molecular weight excluding hydrogens is 236 g/mol. The first-order valence-electron chi connectivity index (χ1n) is 7.11. The lowest BCUT2D eigenvalue weighted by Crippen LogP contribution is -2.16. The van der Waals surface area contributed by atoms with E-state index < -0.39 is 0 Å². The number of anilines is 2. The van der Waals surface area contributed by atoms with Crippen LogP contribution in [-0.2, 0) is 11.2 Å². The fourth-order valence-corrected chi connectivity index (χ4v) is 2.26. The standard InChI is InChI=1S/C16H24N2O/c1-16(2,3)9-8-15(19)18-13-6-7-14-12(11-13)5-4-10-17-14/h6-7,11,17H,4-5,8-10H2,1-3H3,(H,18,19). The van der Waals surface area contributed by atoms with Gasteiger partial charge in [0.2, 0.25) is 5.91 Å². The fraction of sp³-hybridized carbons (Fsp3) is 0.562. The van der Waals surface area contributed by atoms with Crippen LogP contribution in [0, 0.1) is 5.41 Å². The van der Waals surface area contributed by atoms with Crippen molar-refractivity contribution >= 4 is 17.3 Å². The van der Waals surface area contributed by atoms with E-state index in [1.165, 1.54) is 11.3 Å². The molecular formula is C16H24N2O. The molecule has 0 unspecified atom stereocenters. The van der Waals surface area contributed by atoms with E-state index in [0.29, 0.717) is 6.42 Å². The summed E-state index contributed by atoms with van der Waals surface area (Å²) in [5.41, 5.74) is 3.64. The molecule has 0 saturated carbocycles. The molecule has 1 aliphatic rings. The molecule has 1 aliphatic heterocycles. The monoisotopic (exact) mass is 260 g/mol. The van der Waals surface area contributed by atoms with Gasteiger partial charge in [-0.15, -0.1) is 0 Å². The second-order valence-corrected chi connectivity index (χ2v) is 6.51. The van der Waals surface area contributed by atoms with E-state index in [9.17, 15) is 4.79 Å². The van der Waals surface area contributed by atoms with Crippen molar-refractivity contribution in [3.63, 3.8) is 0 Å². The van der Waals surface area contributed by atoms with Crippen LogP contribution in [0.5, 0.6) is 0 Å². The number of hydrogen-bond acceptors (Lipinski definition) is 2. The van der Waals surface area contributed by atoms with E-state index in [2.05, 4.69) is 43.5 Å². The minimum absolute atomic E-state index is 0.110. The number of carbonyl (C=O) groups excluding carboxylic acids is 1. The van der Waals surface area contributed by atoms with Gasteiger partial charge in [0.05, 0.1) is 0 Å². The second kappa shape index (κ2) is 5.64. The third-order valence-corrected chi connectivity index (χ3v) is 3.43. The number of hydrogen-bond donors (Lipinski definition) is 2. The Bertz CT molecular complexity index is 460. The molecule has 1 aromatic carbocycles. The Balaban J connectivity index is 1.94. The number of nitrogens with one attached hydrogen (secondary N) is 2. The van der Waals surface area contributed by atoms with Crippen LogP contribution in [0.2, 0.25) is 0 Å². The van der Waals surface area contributed by atoms with E-state index in [-0.39, 0.29) is 11.3 Å². The van der Waals surface area contributed by atoms with Gasteiger partial charge in [0, 0.05) is 24.3 Å². The number of carbonyl (C=O) groups is 1. The predicted molar refractivity (Wildman–Crippen MR) is 80.6 cm³/mol. The minimum atomic E-state index is 0.110. The minimum Gasteiger partial charge on any atom is -0.385 e. The van der Waals surface area contributed by atoms with Crippen molar-refractivity contribution in [2.24, 2.45) is 5.41 Å². The Morgan fingerprint density at radius 1 is 1.37 bits per heavy atom. The van der Waals surface area contributed by atoms with Crippen LogP contribution in [0.4, 0.5) is 11.4 Å². The van der Waals surface area contributed by atoms with Crippen molar-refractivity contribution in [1.29, 1.82) is 0 Å². The van der Waals surface area contributed by atoms with Crippen LogP contribution in [0.1, 0.15) is 45.6 Å². The van der Waals surface area contributed by atoms with Gasteiger partial charge in [-0.2, -0.15) is 0 Å². The van der Waals surface area contributed by atoms with Crippen LogP contribution < -0.4 is 10.6 Å². The summed E-state index contributed by atoms with van der Waals surface area (Å²) >= 11 is 0. The molecule has 1 heterocycles. The third kappa shape index (κ3) is 4.27. The zero-order valence-corrected chi connectivity index (χ0v) is 12.2. The Kier molecular flexibility index (Phi) is 4.13. The molecule has 104 valence electrons. The maximum atomic E-state index is 11.9. The van der Waals surface area contributed by atoms with Gasteiger partial charge in [-0.3, -0.25) is 4.79 Å². The smallest absolute Gasteiger partial charge is 0.224 e. The highest BCUT2D eigenvalue weighted by atomic mass is 16.1. The van der Waals surface area contributed by atoms with Gasteiger partial charge in [-0.05, 0) is 48.4 Å². The summed E-state index contributed by atoms with van der Waals surface area (Å²) in [7, 11) is 0. The molecule has 1 aromatic rings. The average molecular weight is 260 g/mol. The number of benzene rings is 1. The van der Waals surface area contributed by atoms with Gasteiger partial charge in [0.25, 0.3) is 0 Å².